The maximum atomic E-state index is 11.7. The van der Waals surface area contributed by atoms with Crippen molar-refractivity contribution in [1.29, 1.82) is 0 Å². The zero-order chi connectivity index (χ0) is 13.5. The van der Waals surface area contributed by atoms with E-state index in [0.29, 0.717) is 5.69 Å². The number of rotatable bonds is 4. The number of anilines is 1. The Morgan fingerprint density at radius 3 is 2.53 bits per heavy atom. The molecule has 1 amide bonds. The number of hydrogen-bond acceptors (Lipinski definition) is 4. The number of nitrogens with zero attached hydrogens (tertiary/aromatic N) is 2. The second-order valence-corrected chi connectivity index (χ2v) is 3.69. The van der Waals surface area contributed by atoms with Crippen molar-refractivity contribution < 1.29 is 9.53 Å². The first-order valence-electron chi connectivity index (χ1n) is 5.68. The van der Waals surface area contributed by atoms with Crippen LogP contribution in [0.1, 0.15) is 5.56 Å². The van der Waals surface area contributed by atoms with Crippen LogP contribution in [0.4, 0.5) is 5.69 Å². The third kappa shape index (κ3) is 3.92. The predicted molar refractivity (Wildman–Crippen MR) is 72.7 cm³/mol. The lowest BCUT2D eigenvalue weighted by Crippen LogP contribution is -2.08. The minimum Gasteiger partial charge on any atom is -0.467 e. The van der Waals surface area contributed by atoms with Gasteiger partial charge in [0.25, 0.3) is 0 Å². The Morgan fingerprint density at radius 1 is 1.21 bits per heavy atom. The molecule has 0 aliphatic heterocycles. The Bertz CT molecular complexity index is 565. The number of benzene rings is 1. The van der Waals surface area contributed by atoms with Crippen LogP contribution >= 0.6 is 0 Å². The Balaban J connectivity index is 1.95. The molecule has 0 fully saturated rings. The molecule has 0 saturated heterocycles. The fraction of sp³-hybridized carbons (Fsp3) is 0.0714. The highest BCUT2D eigenvalue weighted by Gasteiger charge is 2.00. The first-order valence-corrected chi connectivity index (χ1v) is 5.68. The highest BCUT2D eigenvalue weighted by Crippen LogP contribution is 2.07. The SMILES string of the molecule is COc1ncc(NC(=O)C=Cc2ccccc2)cn1. The first-order chi connectivity index (χ1) is 9.28. The minimum atomic E-state index is -0.238. The summed E-state index contributed by atoms with van der Waals surface area (Å²) in [5.74, 6) is -0.238. The molecule has 2 aromatic rings. The average molecular weight is 255 g/mol. The van der Waals surface area contributed by atoms with Gasteiger partial charge in [0.15, 0.2) is 0 Å². The summed E-state index contributed by atoms with van der Waals surface area (Å²) in [6, 6.07) is 9.84. The molecule has 0 radical (unpaired) electrons. The Kier molecular flexibility index (Phi) is 4.23. The van der Waals surface area contributed by atoms with Crippen LogP contribution in [0.15, 0.2) is 48.8 Å². The van der Waals surface area contributed by atoms with E-state index in [0.717, 1.165) is 5.56 Å². The summed E-state index contributed by atoms with van der Waals surface area (Å²) in [7, 11) is 1.48. The van der Waals surface area contributed by atoms with E-state index in [2.05, 4.69) is 15.3 Å². The van der Waals surface area contributed by atoms with Gasteiger partial charge in [-0.3, -0.25) is 4.79 Å². The van der Waals surface area contributed by atoms with E-state index in [9.17, 15) is 4.79 Å². The van der Waals surface area contributed by atoms with Crippen molar-refractivity contribution in [3.05, 3.63) is 54.4 Å². The lowest BCUT2D eigenvalue weighted by molar-refractivity contribution is -0.111. The van der Waals surface area contributed by atoms with Gasteiger partial charge in [0.1, 0.15) is 0 Å². The molecule has 5 heteroatoms. The average Bonchev–Trinajstić information content (AvgIpc) is 2.47. The van der Waals surface area contributed by atoms with Crippen molar-refractivity contribution in [3.63, 3.8) is 0 Å². The summed E-state index contributed by atoms with van der Waals surface area (Å²) in [5.41, 5.74) is 1.48. The molecule has 96 valence electrons. The molecular weight excluding hydrogens is 242 g/mol. The number of aromatic nitrogens is 2. The van der Waals surface area contributed by atoms with Crippen LogP contribution in [0.3, 0.4) is 0 Å². The van der Waals surface area contributed by atoms with Crippen LogP contribution in [0.5, 0.6) is 6.01 Å². The summed E-state index contributed by atoms with van der Waals surface area (Å²) in [5, 5.41) is 2.66. The lowest BCUT2D eigenvalue weighted by Gasteiger charge is -2.01. The Labute approximate surface area is 111 Å². The summed E-state index contributed by atoms with van der Waals surface area (Å²) < 4.78 is 4.83. The third-order valence-corrected chi connectivity index (χ3v) is 2.30. The van der Waals surface area contributed by atoms with Gasteiger partial charge in [-0.25, -0.2) is 9.97 Å². The zero-order valence-electron chi connectivity index (χ0n) is 10.4. The third-order valence-electron chi connectivity index (χ3n) is 2.30. The van der Waals surface area contributed by atoms with Crippen LogP contribution in [0, 0.1) is 0 Å². The molecule has 1 heterocycles. The standard InChI is InChI=1S/C14H13N3O2/c1-19-14-15-9-12(10-16-14)17-13(18)8-7-11-5-3-2-4-6-11/h2-10H,1H3,(H,17,18). The van der Waals surface area contributed by atoms with Crippen LogP contribution in [0.2, 0.25) is 0 Å². The highest BCUT2D eigenvalue weighted by molar-refractivity contribution is 6.01. The molecule has 0 aliphatic carbocycles. The largest absolute Gasteiger partial charge is 0.467 e. The van der Waals surface area contributed by atoms with Gasteiger partial charge in [0, 0.05) is 6.08 Å². The smallest absolute Gasteiger partial charge is 0.316 e. The summed E-state index contributed by atoms with van der Waals surface area (Å²) in [4.78, 5) is 19.4. The van der Waals surface area contributed by atoms with E-state index in [1.807, 2.05) is 30.3 Å². The normalized spacial score (nSPS) is 10.4. The van der Waals surface area contributed by atoms with Gasteiger partial charge in [-0.05, 0) is 11.6 Å². The van der Waals surface area contributed by atoms with Crippen LogP contribution in [-0.2, 0) is 4.79 Å². The monoisotopic (exact) mass is 255 g/mol. The van der Waals surface area contributed by atoms with E-state index in [4.69, 9.17) is 4.74 Å². The molecule has 0 aliphatic rings. The number of carbonyl (C=O) groups excluding carboxylic acids is 1. The fourth-order valence-electron chi connectivity index (χ4n) is 1.41. The molecule has 1 aromatic heterocycles. The van der Waals surface area contributed by atoms with Gasteiger partial charge in [-0.15, -0.1) is 0 Å². The first kappa shape index (κ1) is 12.8. The van der Waals surface area contributed by atoms with Crippen LogP contribution < -0.4 is 10.1 Å². The van der Waals surface area contributed by atoms with E-state index in [-0.39, 0.29) is 11.9 Å². The second-order valence-electron chi connectivity index (χ2n) is 3.69. The van der Waals surface area contributed by atoms with Crippen molar-refractivity contribution in [2.75, 3.05) is 12.4 Å². The number of carbonyl (C=O) groups is 1. The quantitative estimate of drug-likeness (QED) is 0.850. The lowest BCUT2D eigenvalue weighted by atomic mass is 10.2. The molecule has 2 rings (SSSR count). The molecule has 0 spiro atoms. The summed E-state index contributed by atoms with van der Waals surface area (Å²) in [6.45, 7) is 0. The number of hydrogen-bond donors (Lipinski definition) is 1. The molecule has 19 heavy (non-hydrogen) atoms. The van der Waals surface area contributed by atoms with Gasteiger partial charge >= 0.3 is 6.01 Å². The number of methoxy groups -OCH3 is 1. The summed E-state index contributed by atoms with van der Waals surface area (Å²) in [6.07, 6.45) is 6.17. The number of ether oxygens (including phenoxy) is 1. The van der Waals surface area contributed by atoms with Gasteiger partial charge in [0.2, 0.25) is 5.91 Å². The molecule has 0 saturated carbocycles. The van der Waals surface area contributed by atoms with Crippen molar-refractivity contribution >= 4 is 17.7 Å². The molecular formula is C14H13N3O2. The zero-order valence-corrected chi connectivity index (χ0v) is 10.4. The second kappa shape index (κ2) is 6.30. The van der Waals surface area contributed by atoms with Gasteiger partial charge in [-0.1, -0.05) is 30.3 Å². The fourth-order valence-corrected chi connectivity index (χ4v) is 1.41. The minimum absolute atomic E-state index is 0.238. The van der Waals surface area contributed by atoms with Gasteiger partial charge in [-0.2, -0.15) is 0 Å². The maximum absolute atomic E-state index is 11.7. The van der Waals surface area contributed by atoms with E-state index in [1.54, 1.807) is 6.08 Å². The maximum Gasteiger partial charge on any atom is 0.316 e. The Hall–Kier alpha value is -2.69. The van der Waals surface area contributed by atoms with E-state index in [1.165, 1.54) is 25.6 Å². The van der Waals surface area contributed by atoms with Crippen molar-refractivity contribution in [2.24, 2.45) is 0 Å². The van der Waals surface area contributed by atoms with Crippen LogP contribution in [0.25, 0.3) is 6.08 Å². The number of nitrogens with one attached hydrogen (secondary N) is 1. The Morgan fingerprint density at radius 2 is 1.89 bits per heavy atom. The molecule has 1 N–H and O–H groups in total. The molecule has 5 nitrogen and oxygen atoms in total. The van der Waals surface area contributed by atoms with Crippen molar-refractivity contribution in [1.82, 2.24) is 9.97 Å². The highest BCUT2D eigenvalue weighted by atomic mass is 16.5. The summed E-state index contributed by atoms with van der Waals surface area (Å²) >= 11 is 0. The van der Waals surface area contributed by atoms with Crippen molar-refractivity contribution in [3.8, 4) is 6.01 Å². The number of amides is 1. The molecule has 0 bridgehead atoms. The van der Waals surface area contributed by atoms with E-state index >= 15 is 0 Å². The predicted octanol–water partition coefficient (Wildman–Crippen LogP) is 2.14. The molecule has 0 atom stereocenters. The van der Waals surface area contributed by atoms with Crippen LogP contribution in [-0.4, -0.2) is 23.0 Å². The molecule has 1 aromatic carbocycles. The van der Waals surface area contributed by atoms with Gasteiger partial charge < -0.3 is 10.1 Å². The topological polar surface area (TPSA) is 64.1 Å². The van der Waals surface area contributed by atoms with Gasteiger partial charge in [0.05, 0.1) is 25.2 Å². The van der Waals surface area contributed by atoms with E-state index < -0.39 is 0 Å². The molecule has 0 unspecified atom stereocenters. The van der Waals surface area contributed by atoms with Crippen molar-refractivity contribution in [2.45, 2.75) is 0 Å².